The molecule has 3 aromatic carbocycles. The van der Waals surface area contributed by atoms with Crippen LogP contribution in [0.5, 0.6) is 0 Å². The summed E-state index contributed by atoms with van der Waals surface area (Å²) in [5.41, 5.74) is 3.82. The lowest BCUT2D eigenvalue weighted by Gasteiger charge is -2.33. The number of rotatable bonds is 7. The van der Waals surface area contributed by atoms with Crippen LogP contribution in [0.1, 0.15) is 25.3 Å². The van der Waals surface area contributed by atoms with Crippen molar-refractivity contribution >= 4 is 59.1 Å². The van der Waals surface area contributed by atoms with E-state index in [0.29, 0.717) is 28.1 Å². The normalized spacial score (nSPS) is 14.2. The van der Waals surface area contributed by atoms with E-state index in [1.807, 2.05) is 18.2 Å². The summed E-state index contributed by atoms with van der Waals surface area (Å²) in [4.78, 5) is 26.5. The lowest BCUT2D eigenvalue weighted by Crippen LogP contribution is -2.38. The summed E-state index contributed by atoms with van der Waals surface area (Å²) in [6.45, 7) is 4.42. The van der Waals surface area contributed by atoms with E-state index < -0.39 is 6.03 Å². The van der Waals surface area contributed by atoms with Crippen LogP contribution in [0.25, 0.3) is 0 Å². The lowest BCUT2D eigenvalue weighted by molar-refractivity contribution is -0.114. The van der Waals surface area contributed by atoms with Gasteiger partial charge >= 0.3 is 6.03 Å². The van der Waals surface area contributed by atoms with E-state index in [-0.39, 0.29) is 5.91 Å². The highest BCUT2D eigenvalue weighted by molar-refractivity contribution is 7.82. The molecule has 0 unspecified atom stereocenters. The van der Waals surface area contributed by atoms with Crippen molar-refractivity contribution in [1.29, 1.82) is 0 Å². The smallest absolute Gasteiger partial charge is 0.336 e. The van der Waals surface area contributed by atoms with Gasteiger partial charge in [-0.25, -0.2) is 9.10 Å². The molecule has 0 radical (unpaired) electrons. The number of urea groups is 1. The van der Waals surface area contributed by atoms with Gasteiger partial charge < -0.3 is 16.0 Å². The predicted octanol–water partition coefficient (Wildman–Crippen LogP) is 6.26. The number of halogens is 1. The van der Waals surface area contributed by atoms with E-state index in [4.69, 9.17) is 11.6 Å². The number of thiol groups is 1. The first-order valence-corrected chi connectivity index (χ1v) is 12.7. The fourth-order valence-corrected chi connectivity index (χ4v) is 4.62. The molecule has 0 spiro atoms. The Hall–Kier alpha value is -3.20. The van der Waals surface area contributed by atoms with Gasteiger partial charge in [0.25, 0.3) is 0 Å². The van der Waals surface area contributed by atoms with Gasteiger partial charge in [0.15, 0.2) is 0 Å². The molecule has 3 amide bonds. The number of carbonyl (C=O) groups is 2. The second-order valence-electron chi connectivity index (χ2n) is 8.82. The number of nitrogens with zero attached hydrogens (tertiary/aromatic N) is 2. The van der Waals surface area contributed by atoms with Gasteiger partial charge in [-0.2, -0.15) is 0 Å². The van der Waals surface area contributed by atoms with Crippen molar-refractivity contribution in [2.24, 2.45) is 0 Å². The fourth-order valence-electron chi connectivity index (χ4n) is 4.21. The standard InChI is InChI=1S/C27H30ClN5O2S/c1-19(34)29-21-10-12-23(13-11-21)33(36)27(35)31-25-9-5-8-24(26(25)28)30-22-14-16-32(17-15-22)18-20-6-3-2-4-7-20/h2-13,22,30,36H,14-18H2,1H3,(H,29,34)(H,31,35). The molecule has 0 atom stereocenters. The van der Waals surface area contributed by atoms with Crippen LogP contribution < -0.4 is 20.3 Å². The Morgan fingerprint density at radius 3 is 2.28 bits per heavy atom. The highest BCUT2D eigenvalue weighted by Gasteiger charge is 2.21. The first kappa shape index (κ1) is 25.9. The van der Waals surface area contributed by atoms with Gasteiger partial charge in [-0.1, -0.05) is 60.8 Å². The topological polar surface area (TPSA) is 76.7 Å². The minimum Gasteiger partial charge on any atom is -0.381 e. The number of nitrogens with one attached hydrogen (secondary N) is 3. The zero-order valence-corrected chi connectivity index (χ0v) is 21.7. The minimum atomic E-state index is -0.445. The van der Waals surface area contributed by atoms with Crippen molar-refractivity contribution in [2.45, 2.75) is 32.4 Å². The molecular weight excluding hydrogens is 494 g/mol. The average molecular weight is 524 g/mol. The Morgan fingerprint density at radius 1 is 0.944 bits per heavy atom. The molecule has 9 heteroatoms. The molecule has 0 aromatic heterocycles. The van der Waals surface area contributed by atoms with Gasteiger partial charge in [0, 0.05) is 38.3 Å². The molecule has 1 aliphatic rings. The molecule has 3 N–H and O–H groups in total. The summed E-state index contributed by atoms with van der Waals surface area (Å²) in [6, 6.07) is 22.7. The van der Waals surface area contributed by atoms with Crippen molar-refractivity contribution in [2.75, 3.05) is 33.3 Å². The number of carbonyl (C=O) groups excluding carboxylic acids is 2. The molecule has 0 bridgehead atoms. The zero-order valence-electron chi connectivity index (χ0n) is 20.1. The zero-order chi connectivity index (χ0) is 25.5. The largest absolute Gasteiger partial charge is 0.381 e. The van der Waals surface area contributed by atoms with Crippen molar-refractivity contribution in [3.05, 3.63) is 83.4 Å². The molecular formula is C27H30ClN5O2S. The van der Waals surface area contributed by atoms with Crippen LogP contribution in [0.4, 0.5) is 27.5 Å². The summed E-state index contributed by atoms with van der Waals surface area (Å²) in [6.07, 6.45) is 2.03. The van der Waals surface area contributed by atoms with Crippen LogP contribution in [0.3, 0.4) is 0 Å². The van der Waals surface area contributed by atoms with E-state index in [1.165, 1.54) is 16.8 Å². The third-order valence-corrected chi connectivity index (χ3v) is 6.88. The number of anilines is 4. The van der Waals surface area contributed by atoms with Gasteiger partial charge in [0.1, 0.15) is 0 Å². The van der Waals surface area contributed by atoms with Crippen molar-refractivity contribution in [1.82, 2.24) is 4.90 Å². The van der Waals surface area contributed by atoms with Crippen LogP contribution in [-0.4, -0.2) is 36.0 Å². The number of hydrogen-bond donors (Lipinski definition) is 4. The molecule has 7 nitrogen and oxygen atoms in total. The molecule has 1 fully saturated rings. The summed E-state index contributed by atoms with van der Waals surface area (Å²) < 4.78 is 1.19. The van der Waals surface area contributed by atoms with Crippen LogP contribution in [0, 0.1) is 0 Å². The predicted molar refractivity (Wildman–Crippen MR) is 151 cm³/mol. The second-order valence-corrected chi connectivity index (χ2v) is 9.60. The summed E-state index contributed by atoms with van der Waals surface area (Å²) in [7, 11) is 0. The first-order chi connectivity index (χ1) is 17.4. The van der Waals surface area contributed by atoms with Gasteiger partial charge in [-0.15, -0.1) is 0 Å². The van der Waals surface area contributed by atoms with E-state index in [1.54, 1.807) is 30.3 Å². The number of amides is 3. The van der Waals surface area contributed by atoms with Gasteiger partial charge in [0.05, 0.1) is 22.1 Å². The maximum Gasteiger partial charge on any atom is 0.336 e. The molecule has 1 aliphatic heterocycles. The van der Waals surface area contributed by atoms with E-state index in [9.17, 15) is 9.59 Å². The SMILES string of the molecule is CC(=O)Nc1ccc(N(S)C(=O)Nc2cccc(NC3CCN(Cc4ccccc4)CC3)c2Cl)cc1. The highest BCUT2D eigenvalue weighted by Crippen LogP contribution is 2.32. The molecule has 4 rings (SSSR count). The molecule has 36 heavy (non-hydrogen) atoms. The van der Waals surface area contributed by atoms with Crippen LogP contribution >= 0.6 is 24.4 Å². The Labute approximate surface area is 222 Å². The number of benzene rings is 3. The average Bonchev–Trinajstić information content (AvgIpc) is 2.88. The summed E-state index contributed by atoms with van der Waals surface area (Å²) in [5, 5.41) is 9.53. The van der Waals surface area contributed by atoms with Crippen molar-refractivity contribution in [3.8, 4) is 0 Å². The van der Waals surface area contributed by atoms with Gasteiger partial charge in [-0.3, -0.25) is 9.69 Å². The quantitative estimate of drug-likeness (QED) is 0.276. The lowest BCUT2D eigenvalue weighted by atomic mass is 10.0. The first-order valence-electron chi connectivity index (χ1n) is 11.9. The van der Waals surface area contributed by atoms with E-state index >= 15 is 0 Å². The molecule has 0 aliphatic carbocycles. The summed E-state index contributed by atoms with van der Waals surface area (Å²) in [5.74, 6) is -0.163. The third kappa shape index (κ3) is 6.94. The molecule has 1 saturated heterocycles. The number of piperidine rings is 1. The monoisotopic (exact) mass is 523 g/mol. The van der Waals surface area contributed by atoms with Crippen LogP contribution in [0.15, 0.2) is 72.8 Å². The maximum atomic E-state index is 12.8. The van der Waals surface area contributed by atoms with Gasteiger partial charge in [0.2, 0.25) is 5.91 Å². The van der Waals surface area contributed by atoms with Crippen molar-refractivity contribution in [3.63, 3.8) is 0 Å². The Kier molecular flexibility index (Phi) is 8.74. The Balaban J connectivity index is 1.32. The molecule has 3 aromatic rings. The molecule has 188 valence electrons. The molecule has 0 saturated carbocycles. The fraction of sp³-hybridized carbons (Fsp3) is 0.259. The second kappa shape index (κ2) is 12.2. The van der Waals surface area contributed by atoms with Crippen molar-refractivity contribution < 1.29 is 9.59 Å². The summed E-state index contributed by atoms with van der Waals surface area (Å²) >= 11 is 11.0. The van der Waals surface area contributed by atoms with Crippen LogP contribution in [-0.2, 0) is 11.3 Å². The number of likely N-dealkylation sites (tertiary alicyclic amines) is 1. The Bertz CT molecular complexity index is 1180. The number of hydrogen-bond acceptors (Lipinski definition) is 5. The minimum absolute atomic E-state index is 0.163. The van der Waals surface area contributed by atoms with E-state index in [2.05, 4.69) is 57.9 Å². The van der Waals surface area contributed by atoms with E-state index in [0.717, 1.165) is 38.2 Å². The maximum absolute atomic E-state index is 12.8. The molecule has 1 heterocycles. The highest BCUT2D eigenvalue weighted by atomic mass is 35.5. The Morgan fingerprint density at radius 2 is 1.61 bits per heavy atom. The van der Waals surface area contributed by atoms with Gasteiger partial charge in [-0.05, 0) is 54.8 Å². The van der Waals surface area contributed by atoms with Crippen LogP contribution in [0.2, 0.25) is 5.02 Å². The third-order valence-electron chi connectivity index (χ3n) is 6.06.